The summed E-state index contributed by atoms with van der Waals surface area (Å²) in [5, 5.41) is 1.72. The monoisotopic (exact) mass is 559 g/mol. The third-order valence-electron chi connectivity index (χ3n) is 7.14. The molecule has 1 fully saturated rings. The highest BCUT2D eigenvalue weighted by atomic mass is 31.1. The summed E-state index contributed by atoms with van der Waals surface area (Å²) in [5.41, 5.74) is -1.16. The van der Waals surface area contributed by atoms with Gasteiger partial charge in [0.25, 0.3) is 13.9 Å². The van der Waals surface area contributed by atoms with Crippen molar-refractivity contribution in [2.45, 2.75) is 51.2 Å². The highest BCUT2D eigenvalue weighted by molar-refractivity contribution is 7.38. The summed E-state index contributed by atoms with van der Waals surface area (Å²) in [6, 6.07) is 19.8. The molecule has 3 aromatic rings. The van der Waals surface area contributed by atoms with Gasteiger partial charge in [0, 0.05) is 11.8 Å². The lowest BCUT2D eigenvalue weighted by Gasteiger charge is -2.43. The topological polar surface area (TPSA) is 111 Å². The lowest BCUT2D eigenvalue weighted by atomic mass is 10.0. The molecule has 1 aliphatic heterocycles. The maximum Gasteiger partial charge on any atom is 0.505 e. The fraction of sp³-hybridized carbons (Fsp3) is 0.407. The molecule has 1 aliphatic rings. The van der Waals surface area contributed by atoms with Gasteiger partial charge < -0.3 is 9.16 Å². The fourth-order valence-corrected chi connectivity index (χ4v) is 10.7. The molecule has 11 heteroatoms. The number of H-pyrrole nitrogens is 1. The van der Waals surface area contributed by atoms with Crippen LogP contribution in [0.15, 0.2) is 76.4 Å². The SMILES string of the molecule is Cc1cn(C2OC(CO[Si](c3ccccc3)(c3ccccc3)C(C)(C)C)[C@@H](C[P+](=O)O)[C@H]2F)c(=O)[nH]c1=O. The van der Waals surface area contributed by atoms with Crippen LogP contribution in [-0.4, -0.2) is 47.8 Å². The number of aryl methyl sites for hydroxylation is 1. The number of benzene rings is 2. The Morgan fingerprint density at radius 1 is 1.08 bits per heavy atom. The molecule has 202 valence electrons. The first-order valence-electron chi connectivity index (χ1n) is 12.5. The molecule has 5 atom stereocenters. The second-order valence-electron chi connectivity index (χ2n) is 10.7. The van der Waals surface area contributed by atoms with E-state index in [1.807, 2.05) is 60.7 Å². The summed E-state index contributed by atoms with van der Waals surface area (Å²) >= 11 is 0. The number of alkyl halides is 1. The van der Waals surface area contributed by atoms with Crippen LogP contribution in [0.5, 0.6) is 0 Å². The van der Waals surface area contributed by atoms with Crippen molar-refractivity contribution in [2.75, 3.05) is 12.8 Å². The van der Waals surface area contributed by atoms with E-state index in [2.05, 4.69) is 25.8 Å². The van der Waals surface area contributed by atoms with Crippen LogP contribution in [0.3, 0.4) is 0 Å². The van der Waals surface area contributed by atoms with Gasteiger partial charge in [-0.05, 0) is 26.9 Å². The summed E-state index contributed by atoms with van der Waals surface area (Å²) in [5.74, 6) is -0.994. The van der Waals surface area contributed by atoms with Crippen molar-refractivity contribution in [3.63, 3.8) is 0 Å². The quantitative estimate of drug-likeness (QED) is 0.324. The standard InChI is InChI=1S/C27H32FN2O6PSi/c1-18-15-30(26(32)29-24(18)31)25-23(28)21(17-37(33)34)22(36-25)16-35-38(27(2,3)4,19-11-7-5-8-12-19)20-13-9-6-10-14-20/h5-15,21-23,25H,16-17H2,1-4H3,(H-,29,31,32,33,34)/p+1/t21-,22?,23-,25?/m1/s1. The molecule has 4 rings (SSSR count). The molecule has 3 unspecified atom stereocenters. The zero-order chi connectivity index (χ0) is 27.7. The third kappa shape index (κ3) is 5.37. The Kier molecular flexibility index (Phi) is 8.30. The van der Waals surface area contributed by atoms with Crippen LogP contribution in [0, 0.1) is 12.8 Å². The Morgan fingerprint density at radius 2 is 1.63 bits per heavy atom. The number of hydrogen-bond acceptors (Lipinski definition) is 5. The zero-order valence-electron chi connectivity index (χ0n) is 21.8. The van der Waals surface area contributed by atoms with Gasteiger partial charge in [-0.1, -0.05) is 81.4 Å². The number of aromatic nitrogens is 2. The van der Waals surface area contributed by atoms with E-state index in [0.29, 0.717) is 0 Å². The minimum atomic E-state index is -2.99. The molecule has 2 N–H and O–H groups in total. The first-order chi connectivity index (χ1) is 18.0. The second kappa shape index (κ2) is 11.2. The maximum absolute atomic E-state index is 15.8. The largest absolute Gasteiger partial charge is 0.505 e. The van der Waals surface area contributed by atoms with E-state index >= 15 is 4.39 Å². The smallest absolute Gasteiger partial charge is 0.405 e. The first-order valence-corrected chi connectivity index (χ1v) is 15.8. The molecule has 38 heavy (non-hydrogen) atoms. The second-order valence-corrected chi connectivity index (χ2v) is 16.0. The van der Waals surface area contributed by atoms with Crippen molar-refractivity contribution in [1.29, 1.82) is 0 Å². The van der Waals surface area contributed by atoms with Gasteiger partial charge in [0.1, 0.15) is 0 Å². The van der Waals surface area contributed by atoms with Gasteiger partial charge in [-0.25, -0.2) is 9.18 Å². The summed E-state index contributed by atoms with van der Waals surface area (Å²) < 4.78 is 41.6. The van der Waals surface area contributed by atoms with Gasteiger partial charge in [0.2, 0.25) is 0 Å². The molecule has 0 saturated carbocycles. The summed E-state index contributed by atoms with van der Waals surface area (Å²) in [7, 11) is -5.67. The van der Waals surface area contributed by atoms with Gasteiger partial charge in [-0.3, -0.25) is 14.3 Å². The van der Waals surface area contributed by atoms with E-state index < -0.39 is 52.0 Å². The molecule has 0 spiro atoms. The molecule has 2 aromatic carbocycles. The lowest BCUT2D eigenvalue weighted by molar-refractivity contribution is -0.0393. The van der Waals surface area contributed by atoms with Crippen LogP contribution in [0.1, 0.15) is 32.6 Å². The van der Waals surface area contributed by atoms with Crippen molar-refractivity contribution < 1.29 is 23.0 Å². The molecule has 2 heterocycles. The number of hydrogen-bond donors (Lipinski definition) is 2. The highest BCUT2D eigenvalue weighted by Gasteiger charge is 2.54. The number of nitrogens with zero attached hydrogens (tertiary/aromatic N) is 1. The van der Waals surface area contributed by atoms with E-state index in [1.165, 1.54) is 13.1 Å². The van der Waals surface area contributed by atoms with Gasteiger partial charge in [-0.2, -0.15) is 4.89 Å². The van der Waals surface area contributed by atoms with Crippen molar-refractivity contribution in [3.8, 4) is 0 Å². The first kappa shape index (κ1) is 28.3. The molecule has 8 nitrogen and oxygen atoms in total. The molecular formula is C27H33FN2O6PSi+. The maximum atomic E-state index is 15.8. The number of halogens is 1. The molecule has 0 radical (unpaired) electrons. The van der Waals surface area contributed by atoms with E-state index in [4.69, 9.17) is 9.16 Å². The van der Waals surface area contributed by atoms with E-state index in [1.54, 1.807) is 0 Å². The predicted molar refractivity (Wildman–Crippen MR) is 147 cm³/mol. The van der Waals surface area contributed by atoms with Gasteiger partial charge >= 0.3 is 13.7 Å². The lowest BCUT2D eigenvalue weighted by Crippen LogP contribution is -2.67. The van der Waals surface area contributed by atoms with Crippen LogP contribution in [-0.2, 0) is 13.7 Å². The summed E-state index contributed by atoms with van der Waals surface area (Å²) in [4.78, 5) is 36.2. The fourth-order valence-electron chi connectivity index (χ4n) is 5.30. The summed E-state index contributed by atoms with van der Waals surface area (Å²) in [6.07, 6.45) is -3.14. The average molecular weight is 560 g/mol. The Balaban J connectivity index is 1.75. The zero-order valence-corrected chi connectivity index (χ0v) is 23.7. The Labute approximate surface area is 222 Å². The van der Waals surface area contributed by atoms with Crippen molar-refractivity contribution in [1.82, 2.24) is 9.55 Å². The van der Waals surface area contributed by atoms with Crippen molar-refractivity contribution >= 4 is 26.7 Å². The molecular weight excluding hydrogens is 526 g/mol. The van der Waals surface area contributed by atoms with Crippen LogP contribution in [0.2, 0.25) is 5.04 Å². The average Bonchev–Trinajstić information content (AvgIpc) is 3.16. The van der Waals surface area contributed by atoms with Gasteiger partial charge in [0.15, 0.2) is 18.6 Å². The van der Waals surface area contributed by atoms with Crippen molar-refractivity contribution in [2.24, 2.45) is 5.92 Å². The molecule has 1 aromatic heterocycles. The van der Waals surface area contributed by atoms with Crippen LogP contribution >= 0.6 is 8.03 Å². The van der Waals surface area contributed by atoms with E-state index in [-0.39, 0.29) is 23.4 Å². The number of rotatable bonds is 8. The van der Waals surface area contributed by atoms with Crippen molar-refractivity contribution in [3.05, 3.63) is 93.3 Å². The molecule has 0 bridgehead atoms. The Bertz CT molecular complexity index is 1350. The van der Waals surface area contributed by atoms with Crippen LogP contribution < -0.4 is 21.6 Å². The van der Waals surface area contributed by atoms with Crippen LogP contribution in [0.4, 0.5) is 4.39 Å². The van der Waals surface area contributed by atoms with Crippen LogP contribution in [0.25, 0.3) is 0 Å². The normalized spacial score (nSPS) is 22.4. The summed E-state index contributed by atoms with van der Waals surface area (Å²) in [6.45, 7) is 7.79. The highest BCUT2D eigenvalue weighted by Crippen LogP contribution is 2.42. The molecule has 1 saturated heterocycles. The third-order valence-corrected chi connectivity index (χ3v) is 12.9. The van der Waals surface area contributed by atoms with Gasteiger partial charge in [-0.15, -0.1) is 0 Å². The Morgan fingerprint density at radius 3 is 2.13 bits per heavy atom. The predicted octanol–water partition coefficient (Wildman–Crippen LogP) is 3.01. The number of ether oxygens (including phenoxy) is 1. The number of aromatic amines is 1. The minimum Gasteiger partial charge on any atom is -0.405 e. The van der Waals surface area contributed by atoms with E-state index in [9.17, 15) is 19.0 Å². The molecule has 0 aliphatic carbocycles. The Hall–Kier alpha value is -2.75. The van der Waals surface area contributed by atoms with E-state index in [0.717, 1.165) is 14.9 Å². The number of nitrogens with one attached hydrogen (secondary N) is 1. The minimum absolute atomic E-state index is 0.0465. The molecule has 0 amide bonds. The van der Waals surface area contributed by atoms with Gasteiger partial charge in [0.05, 0.1) is 18.6 Å².